The van der Waals surface area contributed by atoms with Crippen LogP contribution >= 0.6 is 0 Å². The molecule has 4 nitrogen and oxygen atoms in total. The maximum absolute atomic E-state index is 11.6. The first-order valence-corrected chi connectivity index (χ1v) is 6.85. The van der Waals surface area contributed by atoms with Crippen molar-refractivity contribution in [3.8, 4) is 5.75 Å². The van der Waals surface area contributed by atoms with Crippen LogP contribution in [0.15, 0.2) is 18.2 Å². The molecule has 0 bridgehead atoms. The number of fused-ring (bicyclic) bond motifs is 1. The summed E-state index contributed by atoms with van der Waals surface area (Å²) in [6.45, 7) is 1.15. The van der Waals surface area contributed by atoms with Gasteiger partial charge in [-0.05, 0) is 37.6 Å². The van der Waals surface area contributed by atoms with Gasteiger partial charge < -0.3 is 15.0 Å². The van der Waals surface area contributed by atoms with Crippen molar-refractivity contribution in [3.63, 3.8) is 0 Å². The second-order valence-corrected chi connectivity index (χ2v) is 5.59. The van der Waals surface area contributed by atoms with Crippen LogP contribution in [-0.4, -0.2) is 33.2 Å². The number of carbonyl (C=O) groups is 1. The van der Waals surface area contributed by atoms with Crippen molar-refractivity contribution in [3.05, 3.63) is 23.8 Å². The first-order valence-electron chi connectivity index (χ1n) is 6.85. The second-order valence-electron chi connectivity index (χ2n) is 5.59. The van der Waals surface area contributed by atoms with E-state index in [1.165, 1.54) is 24.8 Å². The van der Waals surface area contributed by atoms with Gasteiger partial charge in [-0.25, -0.2) is 0 Å². The fourth-order valence-corrected chi connectivity index (χ4v) is 3.12. The molecule has 0 spiro atoms. The fraction of sp³-hybridized carbons (Fsp3) is 0.533. The van der Waals surface area contributed by atoms with Crippen LogP contribution in [0.1, 0.15) is 24.8 Å². The molecule has 1 aromatic rings. The molecule has 102 valence electrons. The number of benzene rings is 1. The lowest BCUT2D eigenvalue weighted by molar-refractivity contribution is -0.120. The summed E-state index contributed by atoms with van der Waals surface area (Å²) in [6, 6.07) is 6.28. The third-order valence-corrected chi connectivity index (χ3v) is 4.48. The van der Waals surface area contributed by atoms with Gasteiger partial charge in [0.2, 0.25) is 0 Å². The summed E-state index contributed by atoms with van der Waals surface area (Å²) in [5.41, 5.74) is 2.46. The van der Waals surface area contributed by atoms with Crippen LogP contribution in [0.3, 0.4) is 0 Å². The molecule has 1 saturated carbocycles. The maximum Gasteiger partial charge on any atom is 0.264 e. The minimum atomic E-state index is 0.00818. The van der Waals surface area contributed by atoms with Crippen LogP contribution < -0.4 is 15.0 Å². The summed E-state index contributed by atoms with van der Waals surface area (Å²) in [6.07, 6.45) is 3.74. The molecule has 1 fully saturated rings. The van der Waals surface area contributed by atoms with Crippen molar-refractivity contribution >= 4 is 11.6 Å². The van der Waals surface area contributed by atoms with Crippen LogP contribution in [0, 0.1) is 0 Å². The number of nitrogens with one attached hydrogen (secondary N) is 1. The lowest BCUT2D eigenvalue weighted by Crippen LogP contribution is -2.43. The van der Waals surface area contributed by atoms with E-state index >= 15 is 0 Å². The number of rotatable bonds is 3. The van der Waals surface area contributed by atoms with E-state index in [1.807, 2.05) is 13.1 Å². The van der Waals surface area contributed by atoms with Gasteiger partial charge in [-0.1, -0.05) is 12.5 Å². The Morgan fingerprint density at radius 2 is 2.21 bits per heavy atom. The van der Waals surface area contributed by atoms with E-state index in [-0.39, 0.29) is 17.9 Å². The first kappa shape index (κ1) is 12.5. The molecule has 1 aliphatic carbocycles. The van der Waals surface area contributed by atoms with E-state index in [9.17, 15) is 4.79 Å². The summed E-state index contributed by atoms with van der Waals surface area (Å²) < 4.78 is 5.58. The van der Waals surface area contributed by atoms with Crippen LogP contribution in [0.4, 0.5) is 5.69 Å². The molecule has 19 heavy (non-hydrogen) atoms. The lowest BCUT2D eigenvalue weighted by atomic mass is 9.64. The molecular formula is C15H20N2O2. The van der Waals surface area contributed by atoms with Gasteiger partial charge in [-0.2, -0.15) is 0 Å². The van der Waals surface area contributed by atoms with Crippen LogP contribution in [0.5, 0.6) is 5.75 Å². The van der Waals surface area contributed by atoms with Crippen molar-refractivity contribution < 1.29 is 9.53 Å². The third kappa shape index (κ3) is 1.91. The summed E-state index contributed by atoms with van der Waals surface area (Å²) in [4.78, 5) is 13.3. The number of likely N-dealkylation sites (N-methyl/N-ethyl adjacent to an activating group) is 2. The van der Waals surface area contributed by atoms with Gasteiger partial charge in [0.15, 0.2) is 6.61 Å². The Balaban J connectivity index is 1.95. The average Bonchev–Trinajstić information content (AvgIpc) is 2.38. The summed E-state index contributed by atoms with van der Waals surface area (Å²) in [7, 11) is 3.80. The number of nitrogens with zero attached hydrogens (tertiary/aromatic N) is 1. The van der Waals surface area contributed by atoms with Gasteiger partial charge in [-0.15, -0.1) is 0 Å². The largest absolute Gasteiger partial charge is 0.482 e. The van der Waals surface area contributed by atoms with Crippen molar-refractivity contribution in [1.82, 2.24) is 5.32 Å². The Kier molecular flexibility index (Phi) is 2.97. The third-order valence-electron chi connectivity index (χ3n) is 4.48. The van der Waals surface area contributed by atoms with Gasteiger partial charge in [0.1, 0.15) is 5.75 Å². The number of anilines is 1. The number of carbonyl (C=O) groups excluding carboxylic acids is 1. The van der Waals surface area contributed by atoms with Crippen molar-refractivity contribution in [2.75, 3.05) is 32.1 Å². The highest BCUT2D eigenvalue weighted by Crippen LogP contribution is 2.45. The molecule has 3 rings (SSSR count). The Morgan fingerprint density at radius 3 is 2.84 bits per heavy atom. The molecule has 0 radical (unpaired) electrons. The maximum atomic E-state index is 11.6. The molecule has 1 amide bonds. The van der Waals surface area contributed by atoms with E-state index in [1.54, 1.807) is 11.9 Å². The molecule has 4 heteroatoms. The van der Waals surface area contributed by atoms with Gasteiger partial charge in [0, 0.05) is 19.0 Å². The zero-order valence-corrected chi connectivity index (χ0v) is 11.5. The van der Waals surface area contributed by atoms with Crippen molar-refractivity contribution in [2.24, 2.45) is 0 Å². The van der Waals surface area contributed by atoms with Crippen LogP contribution in [-0.2, 0) is 10.2 Å². The Morgan fingerprint density at radius 1 is 1.42 bits per heavy atom. The summed E-state index contributed by atoms with van der Waals surface area (Å²) in [5, 5.41) is 3.30. The smallest absolute Gasteiger partial charge is 0.264 e. The quantitative estimate of drug-likeness (QED) is 0.899. The highest BCUT2D eigenvalue weighted by molar-refractivity contribution is 5.97. The van der Waals surface area contributed by atoms with E-state index in [0.29, 0.717) is 0 Å². The normalized spacial score (nSPS) is 20.5. The topological polar surface area (TPSA) is 41.6 Å². The Hall–Kier alpha value is -1.55. The van der Waals surface area contributed by atoms with Gasteiger partial charge >= 0.3 is 0 Å². The molecule has 0 unspecified atom stereocenters. The molecule has 1 aliphatic heterocycles. The zero-order chi connectivity index (χ0) is 13.5. The number of amides is 1. The molecular weight excluding hydrogens is 240 g/mol. The molecule has 1 N–H and O–H groups in total. The number of ether oxygens (including phenoxy) is 1. The average molecular weight is 260 g/mol. The molecule has 1 heterocycles. The fourth-order valence-electron chi connectivity index (χ4n) is 3.12. The molecule has 0 atom stereocenters. The van der Waals surface area contributed by atoms with Crippen LogP contribution in [0.2, 0.25) is 0 Å². The first-order chi connectivity index (χ1) is 9.16. The summed E-state index contributed by atoms with van der Waals surface area (Å²) >= 11 is 0. The molecule has 2 aliphatic rings. The highest BCUT2D eigenvalue weighted by atomic mass is 16.5. The SMILES string of the molecule is CNCC1(c2ccc3c(c2)OCC(=O)N3C)CCC1. The summed E-state index contributed by atoms with van der Waals surface area (Å²) in [5.74, 6) is 0.843. The van der Waals surface area contributed by atoms with Gasteiger partial charge in [0.05, 0.1) is 5.69 Å². The monoisotopic (exact) mass is 260 g/mol. The van der Waals surface area contributed by atoms with E-state index in [2.05, 4.69) is 17.4 Å². The van der Waals surface area contributed by atoms with Crippen molar-refractivity contribution in [1.29, 1.82) is 0 Å². The van der Waals surface area contributed by atoms with E-state index in [4.69, 9.17) is 4.74 Å². The Labute approximate surface area is 113 Å². The Bertz CT molecular complexity index is 509. The predicted octanol–water partition coefficient (Wildman–Crippen LogP) is 1.68. The van der Waals surface area contributed by atoms with E-state index < -0.39 is 0 Å². The van der Waals surface area contributed by atoms with Gasteiger partial charge in [0.25, 0.3) is 5.91 Å². The zero-order valence-electron chi connectivity index (χ0n) is 11.5. The second kappa shape index (κ2) is 4.53. The number of hydrogen-bond acceptors (Lipinski definition) is 3. The van der Waals surface area contributed by atoms with Crippen LogP contribution in [0.25, 0.3) is 0 Å². The molecule has 0 aromatic heterocycles. The minimum absolute atomic E-state index is 0.00818. The predicted molar refractivity (Wildman–Crippen MR) is 74.8 cm³/mol. The minimum Gasteiger partial charge on any atom is -0.482 e. The van der Waals surface area contributed by atoms with Crippen molar-refractivity contribution in [2.45, 2.75) is 24.7 Å². The highest BCUT2D eigenvalue weighted by Gasteiger charge is 2.38. The number of hydrogen-bond donors (Lipinski definition) is 1. The van der Waals surface area contributed by atoms with E-state index in [0.717, 1.165) is 18.0 Å². The van der Waals surface area contributed by atoms with Gasteiger partial charge in [-0.3, -0.25) is 4.79 Å². The molecule has 0 saturated heterocycles. The standard InChI is InChI=1S/C15H20N2O2/c1-16-10-15(6-3-7-15)11-4-5-12-13(8-11)19-9-14(18)17(12)2/h4-5,8,16H,3,6-7,9-10H2,1-2H3. The molecule has 1 aromatic carbocycles. The lowest BCUT2D eigenvalue weighted by Gasteiger charge is -2.43.